The number of ether oxygens (including phenoxy) is 1. The first-order chi connectivity index (χ1) is 9.58. The predicted molar refractivity (Wildman–Crippen MR) is 74.1 cm³/mol. The molecule has 2 aliphatic rings. The monoisotopic (exact) mass is 296 g/mol. The number of fused-ring (bicyclic) bond motifs is 1. The highest BCUT2D eigenvalue weighted by atomic mass is 35.5. The maximum absolute atomic E-state index is 11.3. The molecule has 1 saturated carbocycles. The quantitative estimate of drug-likeness (QED) is 0.900. The number of hydrogen-bond acceptors (Lipinski definition) is 3. The average Bonchev–Trinajstić information content (AvgIpc) is 3.04. The van der Waals surface area contributed by atoms with Gasteiger partial charge in [-0.2, -0.15) is 0 Å². The summed E-state index contributed by atoms with van der Waals surface area (Å²) in [6.45, 7) is 0.586. The number of carboxylic acids is 1. The minimum atomic E-state index is -0.829. The minimum Gasteiger partial charge on any atom is -0.493 e. The molecule has 1 aliphatic carbocycles. The molecule has 3 rings (SSSR count). The topological polar surface area (TPSA) is 66.8 Å². The van der Waals surface area contributed by atoms with Crippen LogP contribution in [0.3, 0.4) is 0 Å². The first-order valence-corrected chi connectivity index (χ1v) is 7.31. The zero-order chi connectivity index (χ0) is 14.3. The van der Waals surface area contributed by atoms with Crippen molar-refractivity contribution < 1.29 is 19.7 Å². The highest BCUT2D eigenvalue weighted by Gasteiger charge is 2.39. The molecule has 0 spiro atoms. The van der Waals surface area contributed by atoms with E-state index in [1.807, 2.05) is 6.07 Å². The van der Waals surface area contributed by atoms with E-state index in [-0.39, 0.29) is 5.92 Å². The summed E-state index contributed by atoms with van der Waals surface area (Å²) in [5, 5.41) is 20.4. The molecule has 0 amide bonds. The van der Waals surface area contributed by atoms with Gasteiger partial charge in [-0.15, -0.1) is 0 Å². The number of hydrogen-bond donors (Lipinski definition) is 2. The Balaban J connectivity index is 1.95. The molecule has 1 heterocycles. The van der Waals surface area contributed by atoms with E-state index >= 15 is 0 Å². The van der Waals surface area contributed by atoms with Crippen LogP contribution in [0.15, 0.2) is 12.1 Å². The molecule has 1 aromatic carbocycles. The van der Waals surface area contributed by atoms with Gasteiger partial charge in [0.05, 0.1) is 18.6 Å². The second-order valence-electron chi connectivity index (χ2n) is 5.57. The normalized spacial score (nSPS) is 26.1. The third-order valence-corrected chi connectivity index (χ3v) is 4.61. The van der Waals surface area contributed by atoms with E-state index in [9.17, 15) is 15.0 Å². The summed E-state index contributed by atoms with van der Waals surface area (Å²) in [5.74, 6) is -0.885. The Morgan fingerprint density at radius 3 is 2.95 bits per heavy atom. The van der Waals surface area contributed by atoms with E-state index in [0.717, 1.165) is 24.8 Å². The molecule has 108 valence electrons. The van der Waals surface area contributed by atoms with Crippen LogP contribution >= 0.6 is 11.6 Å². The SMILES string of the molecule is O=C(O)C1CCCC1C(O)c1cc(Cl)cc2c1OCC2. The molecular weight excluding hydrogens is 280 g/mol. The average molecular weight is 297 g/mol. The van der Waals surface area contributed by atoms with Crippen molar-refractivity contribution in [1.29, 1.82) is 0 Å². The van der Waals surface area contributed by atoms with Crippen molar-refractivity contribution in [2.45, 2.75) is 31.8 Å². The summed E-state index contributed by atoms with van der Waals surface area (Å²) >= 11 is 6.10. The maximum Gasteiger partial charge on any atom is 0.306 e. The summed E-state index contributed by atoms with van der Waals surface area (Å²) in [4.78, 5) is 11.3. The minimum absolute atomic E-state index is 0.265. The molecule has 3 atom stereocenters. The number of carboxylic acid groups (broad SMARTS) is 1. The van der Waals surface area contributed by atoms with Crippen LogP contribution in [-0.4, -0.2) is 22.8 Å². The number of aliphatic hydroxyl groups excluding tert-OH is 1. The van der Waals surface area contributed by atoms with Crippen LogP contribution in [0.1, 0.15) is 36.5 Å². The third kappa shape index (κ3) is 2.27. The molecule has 0 aromatic heterocycles. The van der Waals surface area contributed by atoms with Gasteiger partial charge in [0.15, 0.2) is 0 Å². The van der Waals surface area contributed by atoms with Crippen LogP contribution < -0.4 is 4.74 Å². The van der Waals surface area contributed by atoms with Crippen molar-refractivity contribution in [3.63, 3.8) is 0 Å². The number of halogens is 1. The Hall–Kier alpha value is -1.26. The van der Waals surface area contributed by atoms with Gasteiger partial charge in [-0.3, -0.25) is 4.79 Å². The van der Waals surface area contributed by atoms with Gasteiger partial charge >= 0.3 is 5.97 Å². The van der Waals surface area contributed by atoms with E-state index in [1.165, 1.54) is 0 Å². The Kier molecular flexibility index (Phi) is 3.61. The zero-order valence-electron chi connectivity index (χ0n) is 11.0. The van der Waals surface area contributed by atoms with Crippen molar-refractivity contribution in [2.24, 2.45) is 11.8 Å². The van der Waals surface area contributed by atoms with Crippen LogP contribution in [0.25, 0.3) is 0 Å². The Morgan fingerprint density at radius 1 is 1.40 bits per heavy atom. The van der Waals surface area contributed by atoms with Crippen LogP contribution in [0.2, 0.25) is 5.02 Å². The standard InChI is InChI=1S/C15H17ClO4/c16-9-6-8-4-5-20-14(8)12(7-9)13(17)10-2-1-3-11(10)15(18)19/h6-7,10-11,13,17H,1-5H2,(H,18,19). The number of benzene rings is 1. The molecule has 1 aliphatic heterocycles. The van der Waals surface area contributed by atoms with Gasteiger partial charge < -0.3 is 14.9 Å². The lowest BCUT2D eigenvalue weighted by Crippen LogP contribution is -2.24. The van der Waals surface area contributed by atoms with Crippen LogP contribution in [0, 0.1) is 11.8 Å². The largest absolute Gasteiger partial charge is 0.493 e. The highest BCUT2D eigenvalue weighted by Crippen LogP contribution is 2.45. The number of aliphatic hydroxyl groups is 1. The summed E-state index contributed by atoms with van der Waals surface area (Å²) in [6, 6.07) is 3.55. The summed E-state index contributed by atoms with van der Waals surface area (Å²) in [5.41, 5.74) is 1.64. The molecule has 4 nitrogen and oxygen atoms in total. The van der Waals surface area contributed by atoms with E-state index in [1.54, 1.807) is 6.07 Å². The van der Waals surface area contributed by atoms with Crippen molar-refractivity contribution >= 4 is 17.6 Å². The predicted octanol–water partition coefficient (Wildman–Crippen LogP) is 2.81. The van der Waals surface area contributed by atoms with Gasteiger partial charge in [0.1, 0.15) is 5.75 Å². The molecule has 20 heavy (non-hydrogen) atoms. The zero-order valence-corrected chi connectivity index (χ0v) is 11.8. The van der Waals surface area contributed by atoms with E-state index in [2.05, 4.69) is 0 Å². The van der Waals surface area contributed by atoms with E-state index in [4.69, 9.17) is 16.3 Å². The van der Waals surface area contributed by atoms with Gasteiger partial charge in [-0.25, -0.2) is 0 Å². The van der Waals surface area contributed by atoms with E-state index in [0.29, 0.717) is 29.4 Å². The van der Waals surface area contributed by atoms with Crippen LogP contribution in [0.5, 0.6) is 5.75 Å². The van der Waals surface area contributed by atoms with Gasteiger partial charge in [0, 0.05) is 22.9 Å². The Bertz CT molecular complexity index is 543. The van der Waals surface area contributed by atoms with Crippen molar-refractivity contribution in [3.8, 4) is 5.75 Å². The summed E-state index contributed by atoms with van der Waals surface area (Å²) < 4.78 is 5.59. The van der Waals surface area contributed by atoms with Crippen molar-refractivity contribution in [3.05, 3.63) is 28.3 Å². The van der Waals surface area contributed by atoms with Gasteiger partial charge in [0.25, 0.3) is 0 Å². The molecule has 1 aromatic rings. The number of aliphatic carboxylic acids is 1. The Morgan fingerprint density at radius 2 is 2.20 bits per heavy atom. The fourth-order valence-corrected chi connectivity index (χ4v) is 3.67. The molecule has 1 fully saturated rings. The molecule has 5 heteroatoms. The highest BCUT2D eigenvalue weighted by molar-refractivity contribution is 6.30. The number of carbonyl (C=O) groups is 1. The molecule has 3 unspecified atom stereocenters. The lowest BCUT2D eigenvalue weighted by Gasteiger charge is -2.24. The van der Waals surface area contributed by atoms with Crippen molar-refractivity contribution in [2.75, 3.05) is 6.61 Å². The first-order valence-electron chi connectivity index (χ1n) is 6.94. The molecule has 0 saturated heterocycles. The second kappa shape index (κ2) is 5.26. The van der Waals surface area contributed by atoms with Crippen LogP contribution in [-0.2, 0) is 11.2 Å². The second-order valence-corrected chi connectivity index (χ2v) is 6.00. The maximum atomic E-state index is 11.3. The molecule has 0 bridgehead atoms. The fourth-order valence-electron chi connectivity index (χ4n) is 3.42. The van der Waals surface area contributed by atoms with Gasteiger partial charge in [-0.05, 0) is 30.5 Å². The van der Waals surface area contributed by atoms with E-state index < -0.39 is 18.0 Å². The lowest BCUT2D eigenvalue weighted by molar-refractivity contribution is -0.144. The molecule has 0 radical (unpaired) electrons. The van der Waals surface area contributed by atoms with Gasteiger partial charge in [-0.1, -0.05) is 18.0 Å². The first kappa shape index (κ1) is 13.7. The summed E-state index contributed by atoms with van der Waals surface area (Å²) in [6.07, 6.45) is 2.13. The smallest absolute Gasteiger partial charge is 0.306 e. The van der Waals surface area contributed by atoms with Crippen LogP contribution in [0.4, 0.5) is 0 Å². The fraction of sp³-hybridized carbons (Fsp3) is 0.533. The lowest BCUT2D eigenvalue weighted by atomic mass is 9.86. The molecule has 2 N–H and O–H groups in total. The van der Waals surface area contributed by atoms with Crippen molar-refractivity contribution in [1.82, 2.24) is 0 Å². The number of rotatable bonds is 3. The molecular formula is C15H17ClO4. The van der Waals surface area contributed by atoms with Gasteiger partial charge in [0.2, 0.25) is 0 Å². The third-order valence-electron chi connectivity index (χ3n) is 4.39. The summed E-state index contributed by atoms with van der Waals surface area (Å²) in [7, 11) is 0. The Labute approximate surface area is 122 Å².